The summed E-state index contributed by atoms with van der Waals surface area (Å²) in [5, 5.41) is 10.2. The van der Waals surface area contributed by atoms with Gasteiger partial charge in [0.25, 0.3) is 0 Å². The summed E-state index contributed by atoms with van der Waals surface area (Å²) >= 11 is 0. The van der Waals surface area contributed by atoms with Gasteiger partial charge in [-0.3, -0.25) is 5.10 Å². The van der Waals surface area contributed by atoms with Crippen molar-refractivity contribution in [3.05, 3.63) is 18.0 Å². The molecule has 0 aromatic carbocycles. The third-order valence-corrected chi connectivity index (χ3v) is 2.38. The molecule has 0 aliphatic rings. The molecule has 0 aliphatic carbocycles. The lowest BCUT2D eigenvalue weighted by atomic mass is 10.1. The SMILES string of the molecule is COC(C)(C)CNC(C)c1ccn[nH]1. The van der Waals surface area contributed by atoms with E-state index < -0.39 is 0 Å². The van der Waals surface area contributed by atoms with Gasteiger partial charge in [0.2, 0.25) is 0 Å². The van der Waals surface area contributed by atoms with E-state index in [9.17, 15) is 0 Å². The zero-order valence-corrected chi connectivity index (χ0v) is 9.29. The first kappa shape index (κ1) is 11.2. The molecule has 0 amide bonds. The molecule has 0 radical (unpaired) electrons. The smallest absolute Gasteiger partial charge is 0.0746 e. The fourth-order valence-corrected chi connectivity index (χ4v) is 1.09. The molecule has 0 saturated heterocycles. The molecule has 1 atom stereocenters. The number of rotatable bonds is 5. The van der Waals surface area contributed by atoms with E-state index in [1.54, 1.807) is 13.3 Å². The lowest BCUT2D eigenvalue weighted by molar-refractivity contribution is 0.0213. The highest BCUT2D eigenvalue weighted by Gasteiger charge is 2.17. The van der Waals surface area contributed by atoms with Crippen molar-refractivity contribution in [2.24, 2.45) is 0 Å². The first-order valence-corrected chi connectivity index (χ1v) is 4.83. The predicted molar refractivity (Wildman–Crippen MR) is 56.1 cm³/mol. The van der Waals surface area contributed by atoms with Crippen LogP contribution in [-0.2, 0) is 4.74 Å². The van der Waals surface area contributed by atoms with E-state index in [0.717, 1.165) is 12.2 Å². The zero-order valence-electron chi connectivity index (χ0n) is 9.29. The Morgan fingerprint density at radius 3 is 2.86 bits per heavy atom. The van der Waals surface area contributed by atoms with E-state index >= 15 is 0 Å². The number of aromatic amines is 1. The minimum absolute atomic E-state index is 0.131. The zero-order chi connectivity index (χ0) is 10.6. The maximum Gasteiger partial charge on any atom is 0.0746 e. The van der Waals surface area contributed by atoms with Gasteiger partial charge in [-0.05, 0) is 26.8 Å². The molecule has 1 aromatic heterocycles. The summed E-state index contributed by atoms with van der Waals surface area (Å²) in [6, 6.07) is 2.24. The Labute approximate surface area is 85.0 Å². The van der Waals surface area contributed by atoms with Crippen LogP contribution in [0.3, 0.4) is 0 Å². The lowest BCUT2D eigenvalue weighted by Gasteiger charge is -2.25. The average molecular weight is 197 g/mol. The Morgan fingerprint density at radius 1 is 1.64 bits per heavy atom. The van der Waals surface area contributed by atoms with Crippen molar-refractivity contribution < 1.29 is 4.74 Å². The number of aromatic nitrogens is 2. The monoisotopic (exact) mass is 197 g/mol. The highest BCUT2D eigenvalue weighted by Crippen LogP contribution is 2.11. The molecule has 0 spiro atoms. The first-order chi connectivity index (χ1) is 6.55. The second-order valence-corrected chi connectivity index (χ2v) is 4.08. The van der Waals surface area contributed by atoms with Gasteiger partial charge in [-0.25, -0.2) is 0 Å². The number of nitrogens with one attached hydrogen (secondary N) is 2. The second kappa shape index (κ2) is 4.57. The van der Waals surface area contributed by atoms with E-state index in [4.69, 9.17) is 4.74 Å². The fourth-order valence-electron chi connectivity index (χ4n) is 1.09. The number of H-pyrrole nitrogens is 1. The molecular weight excluding hydrogens is 178 g/mol. The molecule has 0 saturated carbocycles. The summed E-state index contributed by atoms with van der Waals surface area (Å²) in [5.41, 5.74) is 0.964. The van der Waals surface area contributed by atoms with Crippen LogP contribution in [0.2, 0.25) is 0 Å². The minimum atomic E-state index is -0.131. The lowest BCUT2D eigenvalue weighted by Crippen LogP contribution is -2.37. The van der Waals surface area contributed by atoms with Gasteiger partial charge in [-0.15, -0.1) is 0 Å². The standard InChI is InChI=1S/C10H19N3O/c1-8(9-5-6-12-13-9)11-7-10(2,3)14-4/h5-6,8,11H,7H2,1-4H3,(H,12,13). The normalized spacial score (nSPS) is 14.3. The van der Waals surface area contributed by atoms with E-state index in [2.05, 4.69) is 36.3 Å². The number of hydrogen-bond donors (Lipinski definition) is 2. The van der Waals surface area contributed by atoms with Crippen LogP contribution in [0, 0.1) is 0 Å². The summed E-state index contributed by atoms with van der Waals surface area (Å²) in [5.74, 6) is 0. The predicted octanol–water partition coefficient (Wildman–Crippen LogP) is 1.49. The van der Waals surface area contributed by atoms with Gasteiger partial charge in [0.05, 0.1) is 11.3 Å². The molecule has 1 rings (SSSR count). The average Bonchev–Trinajstić information content (AvgIpc) is 2.67. The molecule has 0 bridgehead atoms. The van der Waals surface area contributed by atoms with Gasteiger partial charge in [-0.2, -0.15) is 5.10 Å². The summed E-state index contributed by atoms with van der Waals surface area (Å²) in [6.45, 7) is 7.02. The van der Waals surface area contributed by atoms with E-state index in [1.165, 1.54) is 0 Å². The molecule has 80 valence electrons. The van der Waals surface area contributed by atoms with Crippen LogP contribution in [0.5, 0.6) is 0 Å². The number of hydrogen-bond acceptors (Lipinski definition) is 3. The van der Waals surface area contributed by atoms with Gasteiger partial charge in [0.1, 0.15) is 0 Å². The molecule has 4 nitrogen and oxygen atoms in total. The quantitative estimate of drug-likeness (QED) is 0.751. The van der Waals surface area contributed by atoms with Crippen LogP contribution < -0.4 is 5.32 Å². The Balaban J connectivity index is 2.39. The number of nitrogens with zero attached hydrogens (tertiary/aromatic N) is 1. The van der Waals surface area contributed by atoms with Crippen molar-refractivity contribution in [1.82, 2.24) is 15.5 Å². The Hall–Kier alpha value is -0.870. The topological polar surface area (TPSA) is 49.9 Å². The molecule has 0 aliphatic heterocycles. The Kier molecular flexibility index (Phi) is 3.66. The van der Waals surface area contributed by atoms with Crippen LogP contribution >= 0.6 is 0 Å². The van der Waals surface area contributed by atoms with Gasteiger partial charge in [0.15, 0.2) is 0 Å². The molecule has 1 aromatic rings. The van der Waals surface area contributed by atoms with E-state index in [1.807, 2.05) is 6.07 Å². The summed E-state index contributed by atoms with van der Waals surface area (Å²) < 4.78 is 5.32. The maximum absolute atomic E-state index is 5.32. The van der Waals surface area contributed by atoms with Crippen LogP contribution in [0.4, 0.5) is 0 Å². The summed E-state index contributed by atoms with van der Waals surface area (Å²) in [7, 11) is 1.72. The molecular formula is C10H19N3O. The fraction of sp³-hybridized carbons (Fsp3) is 0.700. The van der Waals surface area contributed by atoms with Crippen LogP contribution in [-0.4, -0.2) is 29.5 Å². The van der Waals surface area contributed by atoms with Crippen molar-refractivity contribution >= 4 is 0 Å². The van der Waals surface area contributed by atoms with Gasteiger partial charge in [0, 0.05) is 25.9 Å². The third-order valence-electron chi connectivity index (χ3n) is 2.38. The number of methoxy groups -OCH3 is 1. The van der Waals surface area contributed by atoms with Crippen molar-refractivity contribution in [2.75, 3.05) is 13.7 Å². The van der Waals surface area contributed by atoms with Crippen molar-refractivity contribution in [3.8, 4) is 0 Å². The number of ether oxygens (including phenoxy) is 1. The maximum atomic E-state index is 5.32. The Bertz CT molecular complexity index is 256. The minimum Gasteiger partial charge on any atom is -0.377 e. The van der Waals surface area contributed by atoms with Crippen LogP contribution in [0.15, 0.2) is 12.3 Å². The second-order valence-electron chi connectivity index (χ2n) is 4.08. The summed E-state index contributed by atoms with van der Waals surface area (Å²) in [4.78, 5) is 0. The molecule has 1 unspecified atom stereocenters. The first-order valence-electron chi connectivity index (χ1n) is 4.83. The largest absolute Gasteiger partial charge is 0.377 e. The van der Waals surface area contributed by atoms with E-state index in [0.29, 0.717) is 0 Å². The Morgan fingerprint density at radius 2 is 2.36 bits per heavy atom. The van der Waals surface area contributed by atoms with Crippen molar-refractivity contribution in [3.63, 3.8) is 0 Å². The van der Waals surface area contributed by atoms with Gasteiger partial charge >= 0.3 is 0 Å². The molecule has 14 heavy (non-hydrogen) atoms. The summed E-state index contributed by atoms with van der Waals surface area (Å²) in [6.07, 6.45) is 1.76. The molecule has 2 N–H and O–H groups in total. The highest BCUT2D eigenvalue weighted by atomic mass is 16.5. The van der Waals surface area contributed by atoms with Crippen LogP contribution in [0.25, 0.3) is 0 Å². The van der Waals surface area contributed by atoms with Crippen LogP contribution in [0.1, 0.15) is 32.5 Å². The molecule has 1 heterocycles. The van der Waals surface area contributed by atoms with Gasteiger partial charge in [-0.1, -0.05) is 0 Å². The van der Waals surface area contributed by atoms with Crippen molar-refractivity contribution in [2.45, 2.75) is 32.4 Å². The molecule has 4 heteroatoms. The van der Waals surface area contributed by atoms with Gasteiger partial charge < -0.3 is 10.1 Å². The van der Waals surface area contributed by atoms with E-state index in [-0.39, 0.29) is 11.6 Å². The molecule has 0 fully saturated rings. The third kappa shape index (κ3) is 3.12. The van der Waals surface area contributed by atoms with Crippen molar-refractivity contribution in [1.29, 1.82) is 0 Å². The highest BCUT2D eigenvalue weighted by molar-refractivity contribution is 5.03.